The summed E-state index contributed by atoms with van der Waals surface area (Å²) < 4.78 is 48.8. The molecule has 0 aliphatic heterocycles. The van der Waals surface area contributed by atoms with Crippen LogP contribution in [0.1, 0.15) is 48.8 Å². The summed E-state index contributed by atoms with van der Waals surface area (Å²) in [6.07, 6.45) is 4.99. The van der Waals surface area contributed by atoms with Crippen molar-refractivity contribution in [1.82, 2.24) is 10.2 Å². The van der Waals surface area contributed by atoms with Gasteiger partial charge in [0.15, 0.2) is 0 Å². The molecule has 0 bridgehead atoms. The van der Waals surface area contributed by atoms with E-state index in [9.17, 15) is 22.4 Å². The Kier molecular flexibility index (Phi) is 12.0. The predicted molar refractivity (Wildman–Crippen MR) is 190 cm³/mol. The molecule has 0 saturated heterocycles. The SMILES string of the molecule is COc1ccc(N(CC(=O)N(Cc2ccc(F)cc2)[C@@H](Cc2ccccc2)C(=O)NC2CCCCC2)S(=O)(=O)c2ccc(C)cc2)cc1Cl. The van der Waals surface area contributed by atoms with Crippen molar-refractivity contribution in [3.8, 4) is 5.75 Å². The maximum atomic E-state index is 14.7. The van der Waals surface area contributed by atoms with Gasteiger partial charge in [-0.05, 0) is 73.4 Å². The van der Waals surface area contributed by atoms with E-state index in [0.717, 1.165) is 47.5 Å². The summed E-state index contributed by atoms with van der Waals surface area (Å²) in [5, 5.41) is 3.34. The number of rotatable bonds is 13. The normalized spacial score (nSPS) is 14.1. The lowest BCUT2D eigenvalue weighted by Crippen LogP contribution is -2.55. The monoisotopic (exact) mass is 705 g/mol. The fourth-order valence-electron chi connectivity index (χ4n) is 6.06. The van der Waals surface area contributed by atoms with Crippen LogP contribution < -0.4 is 14.4 Å². The number of aryl methyl sites for hydroxylation is 1. The first-order chi connectivity index (χ1) is 23.5. The van der Waals surface area contributed by atoms with Gasteiger partial charge in [-0.3, -0.25) is 13.9 Å². The smallest absolute Gasteiger partial charge is 0.264 e. The van der Waals surface area contributed by atoms with E-state index < -0.39 is 34.3 Å². The van der Waals surface area contributed by atoms with E-state index in [1.165, 1.54) is 54.5 Å². The number of carbonyl (C=O) groups is 2. The molecule has 4 aromatic rings. The van der Waals surface area contributed by atoms with Crippen molar-refractivity contribution in [2.24, 2.45) is 0 Å². The third-order valence-corrected chi connectivity index (χ3v) is 10.9. The van der Waals surface area contributed by atoms with E-state index in [2.05, 4.69) is 5.32 Å². The third kappa shape index (κ3) is 9.19. The van der Waals surface area contributed by atoms with Crippen molar-refractivity contribution in [2.75, 3.05) is 18.0 Å². The molecule has 1 saturated carbocycles. The second-order valence-corrected chi connectivity index (χ2v) is 14.6. The number of benzene rings is 4. The molecule has 0 spiro atoms. The highest BCUT2D eigenvalue weighted by Crippen LogP contribution is 2.32. The number of sulfonamides is 1. The first kappa shape index (κ1) is 35.9. The Morgan fingerprint density at radius 3 is 2.22 bits per heavy atom. The molecule has 1 fully saturated rings. The lowest BCUT2D eigenvalue weighted by molar-refractivity contribution is -0.140. The minimum Gasteiger partial charge on any atom is -0.495 e. The van der Waals surface area contributed by atoms with Gasteiger partial charge < -0.3 is 15.0 Å². The van der Waals surface area contributed by atoms with Crippen molar-refractivity contribution in [1.29, 1.82) is 0 Å². The maximum absolute atomic E-state index is 14.7. The molecule has 11 heteroatoms. The second-order valence-electron chi connectivity index (χ2n) is 12.3. The first-order valence-corrected chi connectivity index (χ1v) is 18.2. The Labute approximate surface area is 292 Å². The molecule has 8 nitrogen and oxygen atoms in total. The van der Waals surface area contributed by atoms with Crippen LogP contribution in [0.2, 0.25) is 5.02 Å². The molecule has 1 atom stereocenters. The van der Waals surface area contributed by atoms with Gasteiger partial charge in [0.05, 0.1) is 22.7 Å². The summed E-state index contributed by atoms with van der Waals surface area (Å²) in [5.41, 5.74) is 2.42. The minimum atomic E-state index is -4.31. The highest BCUT2D eigenvalue weighted by molar-refractivity contribution is 7.92. The van der Waals surface area contributed by atoms with E-state index in [4.69, 9.17) is 16.3 Å². The van der Waals surface area contributed by atoms with Crippen LogP contribution in [0.15, 0.2) is 102 Å². The van der Waals surface area contributed by atoms with Gasteiger partial charge in [0.25, 0.3) is 10.0 Å². The zero-order valence-electron chi connectivity index (χ0n) is 27.6. The van der Waals surface area contributed by atoms with Crippen LogP contribution in [-0.4, -0.2) is 50.9 Å². The first-order valence-electron chi connectivity index (χ1n) is 16.4. The Morgan fingerprint density at radius 2 is 1.59 bits per heavy atom. The van der Waals surface area contributed by atoms with Gasteiger partial charge in [0.2, 0.25) is 11.8 Å². The molecule has 258 valence electrons. The summed E-state index contributed by atoms with van der Waals surface area (Å²) in [5.74, 6) is -1.05. The molecule has 4 aromatic carbocycles. The number of hydrogen-bond donors (Lipinski definition) is 1. The molecule has 49 heavy (non-hydrogen) atoms. The van der Waals surface area contributed by atoms with Crippen molar-refractivity contribution in [2.45, 2.75) is 69.0 Å². The number of anilines is 1. The summed E-state index contributed by atoms with van der Waals surface area (Å²) in [6.45, 7) is 1.15. The van der Waals surface area contributed by atoms with Gasteiger partial charge >= 0.3 is 0 Å². The topological polar surface area (TPSA) is 96.0 Å². The molecule has 1 N–H and O–H groups in total. The van der Waals surface area contributed by atoms with Crippen molar-refractivity contribution in [3.63, 3.8) is 0 Å². The van der Waals surface area contributed by atoms with Gasteiger partial charge in [-0.2, -0.15) is 0 Å². The fourth-order valence-corrected chi connectivity index (χ4v) is 7.72. The van der Waals surface area contributed by atoms with Crippen LogP contribution in [0.25, 0.3) is 0 Å². The molecular weight excluding hydrogens is 665 g/mol. The molecule has 0 radical (unpaired) electrons. The lowest BCUT2D eigenvalue weighted by Gasteiger charge is -2.35. The molecular formula is C38H41ClFN3O5S. The predicted octanol–water partition coefficient (Wildman–Crippen LogP) is 7.08. The maximum Gasteiger partial charge on any atom is 0.264 e. The molecule has 1 aliphatic rings. The van der Waals surface area contributed by atoms with E-state index in [1.807, 2.05) is 37.3 Å². The number of methoxy groups -OCH3 is 1. The van der Waals surface area contributed by atoms with Crippen LogP contribution in [0.3, 0.4) is 0 Å². The number of nitrogens with zero attached hydrogens (tertiary/aromatic N) is 2. The van der Waals surface area contributed by atoms with E-state index in [1.54, 1.807) is 24.3 Å². The minimum absolute atomic E-state index is 0.0150. The highest BCUT2D eigenvalue weighted by Gasteiger charge is 2.35. The van der Waals surface area contributed by atoms with Gasteiger partial charge in [-0.15, -0.1) is 0 Å². The highest BCUT2D eigenvalue weighted by atomic mass is 35.5. The average Bonchev–Trinajstić information content (AvgIpc) is 3.10. The quantitative estimate of drug-likeness (QED) is 0.160. The number of amides is 2. The molecule has 1 aliphatic carbocycles. The summed E-state index contributed by atoms with van der Waals surface area (Å²) >= 11 is 6.46. The van der Waals surface area contributed by atoms with Crippen LogP contribution in [0, 0.1) is 12.7 Å². The number of nitrogens with one attached hydrogen (secondary N) is 1. The van der Waals surface area contributed by atoms with E-state index in [0.29, 0.717) is 11.3 Å². The van der Waals surface area contributed by atoms with Crippen LogP contribution in [-0.2, 0) is 32.6 Å². The molecule has 2 amide bonds. The average molecular weight is 706 g/mol. The van der Waals surface area contributed by atoms with Crippen LogP contribution in [0.5, 0.6) is 5.75 Å². The summed E-state index contributed by atoms with van der Waals surface area (Å²) in [4.78, 5) is 30.3. The van der Waals surface area contributed by atoms with Gasteiger partial charge in [0.1, 0.15) is 24.2 Å². The largest absolute Gasteiger partial charge is 0.495 e. The summed E-state index contributed by atoms with van der Waals surface area (Å²) in [7, 11) is -2.86. The molecule has 0 heterocycles. The Balaban J connectivity index is 1.58. The van der Waals surface area contributed by atoms with Crippen molar-refractivity contribution in [3.05, 3.63) is 125 Å². The number of hydrogen-bond acceptors (Lipinski definition) is 5. The molecule has 5 rings (SSSR count). The Morgan fingerprint density at radius 1 is 0.918 bits per heavy atom. The zero-order valence-corrected chi connectivity index (χ0v) is 29.2. The number of carbonyl (C=O) groups excluding carboxylic acids is 2. The molecule has 0 aromatic heterocycles. The summed E-state index contributed by atoms with van der Waals surface area (Å²) in [6, 6.07) is 24.8. The number of halogens is 2. The number of ether oxygens (including phenoxy) is 1. The van der Waals surface area contributed by atoms with Gasteiger partial charge in [-0.1, -0.05) is 91.0 Å². The van der Waals surface area contributed by atoms with Crippen LogP contribution >= 0.6 is 11.6 Å². The Hall–Kier alpha value is -4.41. The van der Waals surface area contributed by atoms with Crippen LogP contribution in [0.4, 0.5) is 10.1 Å². The fraction of sp³-hybridized carbons (Fsp3) is 0.316. The van der Waals surface area contributed by atoms with Gasteiger partial charge in [-0.25, -0.2) is 12.8 Å². The van der Waals surface area contributed by atoms with Gasteiger partial charge in [0, 0.05) is 19.0 Å². The third-order valence-electron chi connectivity index (χ3n) is 8.80. The lowest BCUT2D eigenvalue weighted by atomic mass is 9.94. The van der Waals surface area contributed by atoms with E-state index >= 15 is 0 Å². The standard InChI is InChI=1S/C38H41ClFN3O5S/c1-27-13-20-33(21-14-27)49(46,47)43(32-19-22-36(48-2)34(39)24-32)26-37(44)42(25-29-15-17-30(40)18-16-29)35(23-28-9-5-3-6-10-28)38(45)41-31-11-7-4-8-12-31/h3,5-6,9-10,13-22,24,31,35H,4,7-8,11-12,23,25-26H2,1-2H3,(H,41,45)/t35-/m0/s1. The van der Waals surface area contributed by atoms with Crippen molar-refractivity contribution >= 4 is 39.1 Å². The van der Waals surface area contributed by atoms with Crippen molar-refractivity contribution < 1.29 is 27.1 Å². The van der Waals surface area contributed by atoms with E-state index in [-0.39, 0.29) is 40.5 Å². The zero-order chi connectivity index (χ0) is 35.0. The second kappa shape index (κ2) is 16.3. The molecule has 0 unspecified atom stereocenters. The Bertz CT molecular complexity index is 1830.